The third-order valence-corrected chi connectivity index (χ3v) is 6.83. The highest BCUT2D eigenvalue weighted by atomic mass is 19.1. The average Bonchev–Trinajstić information content (AvgIpc) is 3.23. The third-order valence-electron chi connectivity index (χ3n) is 6.83. The molecule has 3 rings (SSSR count). The summed E-state index contributed by atoms with van der Waals surface area (Å²) in [5.41, 5.74) is 2.40. The molecule has 1 aromatic carbocycles. The van der Waals surface area contributed by atoms with E-state index >= 15 is 0 Å². The number of carbonyl (C=O) groups excluding carboxylic acids is 2. The minimum absolute atomic E-state index is 0.0314. The fourth-order valence-electron chi connectivity index (χ4n) is 5.07. The van der Waals surface area contributed by atoms with Crippen LogP contribution in [0.2, 0.25) is 0 Å². The Morgan fingerprint density at radius 3 is 2.35 bits per heavy atom. The number of amides is 2. The number of aryl methyl sites for hydroxylation is 2. The highest BCUT2D eigenvalue weighted by Gasteiger charge is 2.24. The Labute approximate surface area is 221 Å². The number of aromatic nitrogens is 2. The van der Waals surface area contributed by atoms with Gasteiger partial charge in [-0.3, -0.25) is 14.3 Å². The molecule has 0 unspecified atom stereocenters. The quantitative estimate of drug-likeness (QED) is 0.541. The second-order valence-electron chi connectivity index (χ2n) is 11.1. The molecular weight excluding hydrogens is 469 g/mol. The standard InChI is InChI=1S/C29H44FN5O2/c1-22(2)18-29(37)35-17-7-15-33(20-23(3)4)14-6-16-34(21-24-19-25(30)8-10-27(24)35)28(36)11-9-26-12-13-31-32(26)5/h8,10,12-13,19,22-23H,6-7,9,11,14-18,20-21H2,1-5H3. The van der Waals surface area contributed by atoms with Gasteiger partial charge < -0.3 is 14.7 Å². The van der Waals surface area contributed by atoms with E-state index in [1.165, 1.54) is 12.1 Å². The van der Waals surface area contributed by atoms with Crippen LogP contribution in [0.1, 0.15) is 64.6 Å². The summed E-state index contributed by atoms with van der Waals surface area (Å²) in [5, 5.41) is 4.20. The molecule has 0 bridgehead atoms. The molecule has 1 aliphatic heterocycles. The van der Waals surface area contributed by atoms with Crippen molar-refractivity contribution in [1.29, 1.82) is 0 Å². The first-order valence-electron chi connectivity index (χ1n) is 13.7. The lowest BCUT2D eigenvalue weighted by Crippen LogP contribution is -2.40. The van der Waals surface area contributed by atoms with Crippen LogP contribution in [-0.4, -0.2) is 64.1 Å². The minimum Gasteiger partial charge on any atom is -0.338 e. The van der Waals surface area contributed by atoms with E-state index in [9.17, 15) is 14.0 Å². The Morgan fingerprint density at radius 2 is 1.70 bits per heavy atom. The van der Waals surface area contributed by atoms with Crippen LogP contribution < -0.4 is 4.90 Å². The predicted octanol–water partition coefficient (Wildman–Crippen LogP) is 4.65. The smallest absolute Gasteiger partial charge is 0.227 e. The lowest BCUT2D eigenvalue weighted by atomic mass is 10.1. The molecule has 0 aliphatic carbocycles. The van der Waals surface area contributed by atoms with Gasteiger partial charge in [-0.15, -0.1) is 0 Å². The molecule has 7 nitrogen and oxygen atoms in total. The molecule has 0 N–H and O–H groups in total. The first kappa shape index (κ1) is 28.8. The number of nitrogens with zero attached hydrogens (tertiary/aromatic N) is 5. The fourth-order valence-corrected chi connectivity index (χ4v) is 5.07. The normalized spacial score (nSPS) is 16.0. The summed E-state index contributed by atoms with van der Waals surface area (Å²) in [7, 11) is 1.88. The lowest BCUT2D eigenvalue weighted by molar-refractivity contribution is -0.132. The summed E-state index contributed by atoms with van der Waals surface area (Å²) in [4.78, 5) is 32.9. The Bertz CT molecular complexity index is 1040. The monoisotopic (exact) mass is 513 g/mol. The van der Waals surface area contributed by atoms with Crippen LogP contribution >= 0.6 is 0 Å². The van der Waals surface area contributed by atoms with Crippen LogP contribution in [0, 0.1) is 17.7 Å². The topological polar surface area (TPSA) is 61.7 Å². The molecule has 1 aromatic heterocycles. The van der Waals surface area contributed by atoms with Crippen LogP contribution in [0.25, 0.3) is 0 Å². The molecule has 0 spiro atoms. The number of fused-ring (bicyclic) bond motifs is 1. The zero-order valence-electron chi connectivity index (χ0n) is 23.3. The second-order valence-corrected chi connectivity index (χ2v) is 11.1. The van der Waals surface area contributed by atoms with Crippen molar-refractivity contribution >= 4 is 17.5 Å². The molecule has 0 atom stereocenters. The third kappa shape index (κ3) is 8.66. The summed E-state index contributed by atoms with van der Waals surface area (Å²) in [6.45, 7) is 12.7. The van der Waals surface area contributed by atoms with Crippen LogP contribution in [0.4, 0.5) is 10.1 Å². The van der Waals surface area contributed by atoms with Gasteiger partial charge in [0.05, 0.1) is 0 Å². The molecule has 37 heavy (non-hydrogen) atoms. The van der Waals surface area contributed by atoms with Crippen molar-refractivity contribution in [2.75, 3.05) is 37.6 Å². The summed E-state index contributed by atoms with van der Waals surface area (Å²) in [6.07, 6.45) is 4.82. The zero-order valence-corrected chi connectivity index (χ0v) is 23.3. The largest absolute Gasteiger partial charge is 0.338 e. The molecule has 204 valence electrons. The van der Waals surface area contributed by atoms with Gasteiger partial charge in [-0.25, -0.2) is 4.39 Å². The van der Waals surface area contributed by atoms with E-state index in [1.54, 1.807) is 16.9 Å². The van der Waals surface area contributed by atoms with Crippen molar-refractivity contribution in [2.24, 2.45) is 18.9 Å². The average molecular weight is 514 g/mol. The van der Waals surface area contributed by atoms with Gasteiger partial charge in [0.15, 0.2) is 0 Å². The van der Waals surface area contributed by atoms with Gasteiger partial charge in [-0.05, 0) is 74.0 Å². The molecule has 0 radical (unpaired) electrons. The zero-order chi connectivity index (χ0) is 26.9. The Morgan fingerprint density at radius 1 is 0.973 bits per heavy atom. The molecule has 2 amide bonds. The van der Waals surface area contributed by atoms with Crippen LogP contribution in [0.15, 0.2) is 30.5 Å². The number of hydrogen-bond donors (Lipinski definition) is 0. The number of halogens is 1. The van der Waals surface area contributed by atoms with Gasteiger partial charge in [-0.1, -0.05) is 27.7 Å². The van der Waals surface area contributed by atoms with Gasteiger partial charge >= 0.3 is 0 Å². The van der Waals surface area contributed by atoms with E-state index in [2.05, 4.69) is 23.8 Å². The van der Waals surface area contributed by atoms with E-state index < -0.39 is 0 Å². The molecule has 1 aliphatic rings. The van der Waals surface area contributed by atoms with Crippen LogP contribution in [0.3, 0.4) is 0 Å². The summed E-state index contributed by atoms with van der Waals surface area (Å²) in [5.74, 6) is 0.480. The first-order chi connectivity index (χ1) is 17.6. The maximum absolute atomic E-state index is 14.5. The molecule has 2 heterocycles. The molecule has 0 fully saturated rings. The molecule has 0 saturated heterocycles. The Balaban J connectivity index is 1.91. The predicted molar refractivity (Wildman–Crippen MR) is 146 cm³/mol. The summed E-state index contributed by atoms with van der Waals surface area (Å²) >= 11 is 0. The highest BCUT2D eigenvalue weighted by Crippen LogP contribution is 2.26. The SMILES string of the molecule is CC(C)CC(=O)N1CCCN(CC(C)C)CCCN(C(=O)CCc2ccnn2C)Cc2cc(F)ccc21. The number of anilines is 1. The van der Waals surface area contributed by atoms with E-state index in [0.717, 1.165) is 38.2 Å². The van der Waals surface area contributed by atoms with Gasteiger partial charge in [-0.2, -0.15) is 5.10 Å². The van der Waals surface area contributed by atoms with Crippen molar-refractivity contribution in [3.8, 4) is 0 Å². The Hall–Kier alpha value is -2.74. The lowest BCUT2D eigenvalue weighted by Gasteiger charge is -2.32. The van der Waals surface area contributed by atoms with E-state index in [4.69, 9.17) is 0 Å². The highest BCUT2D eigenvalue weighted by molar-refractivity contribution is 5.94. The maximum Gasteiger partial charge on any atom is 0.227 e. The van der Waals surface area contributed by atoms with E-state index in [-0.39, 0.29) is 30.1 Å². The fraction of sp³-hybridized carbons (Fsp3) is 0.621. The maximum atomic E-state index is 14.5. The van der Waals surface area contributed by atoms with Crippen molar-refractivity contribution in [2.45, 2.75) is 66.3 Å². The van der Waals surface area contributed by atoms with Crippen molar-refractivity contribution < 1.29 is 14.0 Å². The van der Waals surface area contributed by atoms with Crippen molar-refractivity contribution in [3.05, 3.63) is 47.5 Å². The number of carbonyl (C=O) groups is 2. The van der Waals surface area contributed by atoms with Crippen LogP contribution in [0.5, 0.6) is 0 Å². The van der Waals surface area contributed by atoms with Gasteiger partial charge in [0.1, 0.15) is 5.82 Å². The first-order valence-corrected chi connectivity index (χ1v) is 13.7. The van der Waals surface area contributed by atoms with Gasteiger partial charge in [0.2, 0.25) is 11.8 Å². The van der Waals surface area contributed by atoms with E-state index in [0.29, 0.717) is 49.5 Å². The number of rotatable bonds is 7. The number of hydrogen-bond acceptors (Lipinski definition) is 4. The minimum atomic E-state index is -0.354. The molecule has 8 heteroatoms. The van der Waals surface area contributed by atoms with Gasteiger partial charge in [0, 0.05) is 63.6 Å². The number of benzene rings is 1. The summed E-state index contributed by atoms with van der Waals surface area (Å²) in [6, 6.07) is 6.54. The Kier molecular flexibility index (Phi) is 10.7. The van der Waals surface area contributed by atoms with E-state index in [1.807, 2.05) is 36.8 Å². The van der Waals surface area contributed by atoms with Crippen molar-refractivity contribution in [1.82, 2.24) is 19.6 Å². The molecular formula is C29H44FN5O2. The van der Waals surface area contributed by atoms with Gasteiger partial charge in [0.25, 0.3) is 0 Å². The van der Waals surface area contributed by atoms with Crippen molar-refractivity contribution in [3.63, 3.8) is 0 Å². The second kappa shape index (κ2) is 13.7. The summed E-state index contributed by atoms with van der Waals surface area (Å²) < 4.78 is 16.2. The molecule has 0 saturated carbocycles. The van der Waals surface area contributed by atoms with Crippen LogP contribution in [-0.2, 0) is 29.6 Å². The molecule has 2 aromatic rings.